The van der Waals surface area contributed by atoms with E-state index in [0.29, 0.717) is 33.4 Å². The molecule has 5 rings (SSSR count). The van der Waals surface area contributed by atoms with Crippen LogP contribution in [0, 0.1) is 22.7 Å². The molecule has 0 aliphatic carbocycles. The standard InChI is InChI=1S/C36H31N2O9P/c37-19-28-13-7-15-30(17-28)22-42-34-33(46-36(40)35(34)43-23-31-16-8-14-29(18-31)20-38)32(21-39)47-48(41,44-24-26-9-3-1-4-10-26)45-25-27-11-5-2-6-12-27/h1-18,32-33,39H,21-25H2/t32-,33+/m0/s1. The van der Waals surface area contributed by atoms with E-state index >= 15 is 0 Å². The number of phosphoric ester groups is 1. The highest BCUT2D eigenvalue weighted by Crippen LogP contribution is 2.53. The predicted molar refractivity (Wildman–Crippen MR) is 171 cm³/mol. The molecule has 11 nitrogen and oxygen atoms in total. The van der Waals surface area contributed by atoms with Gasteiger partial charge >= 0.3 is 13.8 Å². The summed E-state index contributed by atoms with van der Waals surface area (Å²) in [6.45, 7) is -1.29. The minimum absolute atomic E-state index is 0.112. The summed E-state index contributed by atoms with van der Waals surface area (Å²) in [5.74, 6) is -1.34. The van der Waals surface area contributed by atoms with Crippen molar-refractivity contribution < 1.29 is 42.2 Å². The lowest BCUT2D eigenvalue weighted by atomic mass is 10.1. The molecule has 0 unspecified atom stereocenters. The summed E-state index contributed by atoms with van der Waals surface area (Å²) in [6, 6.07) is 35.3. The normalized spacial score (nSPS) is 14.9. The molecule has 0 saturated heterocycles. The van der Waals surface area contributed by atoms with Crippen LogP contribution in [0.4, 0.5) is 0 Å². The SMILES string of the molecule is N#Cc1cccc(COC2=C(OCc3cccc(C#N)c3)[C@@H]([C@H](CO)OP(=O)(OCc3ccccc3)OCc3ccccc3)OC2=O)c1. The number of cyclic esters (lactones) is 1. The molecular weight excluding hydrogens is 635 g/mol. The molecule has 0 radical (unpaired) electrons. The van der Waals surface area contributed by atoms with Gasteiger partial charge in [0.15, 0.2) is 11.9 Å². The maximum absolute atomic E-state index is 14.1. The lowest BCUT2D eigenvalue weighted by Crippen LogP contribution is -2.35. The molecule has 0 fully saturated rings. The van der Waals surface area contributed by atoms with Crippen molar-refractivity contribution in [2.75, 3.05) is 6.61 Å². The number of carbonyl (C=O) groups excluding carboxylic acids is 1. The van der Waals surface area contributed by atoms with Gasteiger partial charge in [-0.3, -0.25) is 13.6 Å². The fraction of sp³-hybridized carbons (Fsp3) is 0.194. The lowest BCUT2D eigenvalue weighted by Gasteiger charge is -2.27. The number of esters is 1. The summed E-state index contributed by atoms with van der Waals surface area (Å²) in [4.78, 5) is 13.2. The average molecular weight is 667 g/mol. The molecule has 12 heteroatoms. The second-order valence-electron chi connectivity index (χ2n) is 10.5. The third-order valence-electron chi connectivity index (χ3n) is 7.04. The van der Waals surface area contributed by atoms with Crippen LogP contribution in [0.3, 0.4) is 0 Å². The van der Waals surface area contributed by atoms with Crippen molar-refractivity contribution in [3.63, 3.8) is 0 Å². The van der Waals surface area contributed by atoms with Gasteiger partial charge in [-0.2, -0.15) is 10.5 Å². The van der Waals surface area contributed by atoms with E-state index in [1.54, 1.807) is 97.1 Å². The van der Waals surface area contributed by atoms with E-state index < -0.39 is 32.6 Å². The first-order valence-electron chi connectivity index (χ1n) is 14.8. The molecule has 1 heterocycles. The molecule has 2 atom stereocenters. The van der Waals surface area contributed by atoms with Crippen molar-refractivity contribution in [1.82, 2.24) is 0 Å². The van der Waals surface area contributed by atoms with Crippen LogP contribution in [0.2, 0.25) is 0 Å². The van der Waals surface area contributed by atoms with Crippen molar-refractivity contribution >= 4 is 13.8 Å². The van der Waals surface area contributed by atoms with Crippen LogP contribution in [-0.4, -0.2) is 29.9 Å². The molecule has 48 heavy (non-hydrogen) atoms. The van der Waals surface area contributed by atoms with Crippen LogP contribution < -0.4 is 0 Å². The van der Waals surface area contributed by atoms with Gasteiger partial charge in [-0.15, -0.1) is 0 Å². The van der Waals surface area contributed by atoms with Crippen molar-refractivity contribution in [2.24, 2.45) is 0 Å². The average Bonchev–Trinajstić information content (AvgIpc) is 3.45. The molecule has 0 amide bonds. The molecule has 1 aliphatic rings. The molecule has 0 saturated carbocycles. The number of nitrogens with zero attached hydrogens (tertiary/aromatic N) is 2. The number of aliphatic hydroxyl groups excluding tert-OH is 1. The van der Waals surface area contributed by atoms with Gasteiger partial charge in [-0.25, -0.2) is 9.36 Å². The van der Waals surface area contributed by atoms with E-state index in [0.717, 1.165) is 0 Å². The molecule has 0 bridgehead atoms. The second-order valence-corrected chi connectivity index (χ2v) is 12.1. The highest BCUT2D eigenvalue weighted by atomic mass is 31.2. The van der Waals surface area contributed by atoms with Crippen LogP contribution in [0.15, 0.2) is 121 Å². The Morgan fingerprint density at radius 3 is 1.71 bits per heavy atom. The van der Waals surface area contributed by atoms with Crippen LogP contribution in [0.25, 0.3) is 0 Å². The molecular formula is C36H31N2O9P. The van der Waals surface area contributed by atoms with Crippen LogP contribution in [-0.2, 0) is 63.6 Å². The quantitative estimate of drug-likeness (QED) is 0.107. The predicted octanol–water partition coefficient (Wildman–Crippen LogP) is 6.22. The molecule has 4 aromatic rings. The van der Waals surface area contributed by atoms with Crippen molar-refractivity contribution in [1.29, 1.82) is 10.5 Å². The Hall–Kier alpha value is -5.26. The minimum atomic E-state index is -4.44. The number of benzene rings is 4. The van der Waals surface area contributed by atoms with Crippen LogP contribution in [0.5, 0.6) is 0 Å². The van der Waals surface area contributed by atoms with E-state index in [9.17, 15) is 25.0 Å². The largest absolute Gasteiger partial charge is 0.485 e. The van der Waals surface area contributed by atoms with Gasteiger partial charge in [0.1, 0.15) is 19.3 Å². The second kappa shape index (κ2) is 16.5. The number of hydrogen-bond donors (Lipinski definition) is 1. The first-order chi connectivity index (χ1) is 23.4. The fourth-order valence-electron chi connectivity index (χ4n) is 4.66. The molecule has 1 aliphatic heterocycles. The third kappa shape index (κ3) is 9.18. The number of ether oxygens (including phenoxy) is 3. The Morgan fingerprint density at radius 2 is 1.21 bits per heavy atom. The Morgan fingerprint density at radius 1 is 0.708 bits per heavy atom. The summed E-state index contributed by atoms with van der Waals surface area (Å²) in [5, 5.41) is 29.1. The van der Waals surface area contributed by atoms with E-state index in [-0.39, 0.29) is 37.9 Å². The summed E-state index contributed by atoms with van der Waals surface area (Å²) in [5.41, 5.74) is 3.39. The third-order valence-corrected chi connectivity index (χ3v) is 8.46. The molecule has 0 spiro atoms. The van der Waals surface area contributed by atoms with Crippen molar-refractivity contribution in [3.8, 4) is 12.1 Å². The van der Waals surface area contributed by atoms with Crippen LogP contribution >= 0.6 is 7.82 Å². The van der Waals surface area contributed by atoms with Crippen molar-refractivity contribution in [2.45, 2.75) is 38.6 Å². The fourth-order valence-corrected chi connectivity index (χ4v) is 5.98. The molecule has 244 valence electrons. The monoisotopic (exact) mass is 666 g/mol. The molecule has 1 N–H and O–H groups in total. The van der Waals surface area contributed by atoms with Gasteiger partial charge in [0.25, 0.3) is 0 Å². The zero-order valence-corrected chi connectivity index (χ0v) is 26.5. The van der Waals surface area contributed by atoms with E-state index in [2.05, 4.69) is 12.1 Å². The van der Waals surface area contributed by atoms with Gasteiger partial charge in [-0.05, 0) is 46.5 Å². The van der Waals surface area contributed by atoms with E-state index in [1.807, 2.05) is 12.1 Å². The number of hydrogen-bond acceptors (Lipinski definition) is 11. The van der Waals surface area contributed by atoms with Gasteiger partial charge < -0.3 is 19.3 Å². The maximum atomic E-state index is 14.1. The highest BCUT2D eigenvalue weighted by molar-refractivity contribution is 7.48. The van der Waals surface area contributed by atoms with Crippen molar-refractivity contribution in [3.05, 3.63) is 154 Å². The zero-order valence-electron chi connectivity index (χ0n) is 25.6. The van der Waals surface area contributed by atoms with E-state index in [4.69, 9.17) is 27.8 Å². The first-order valence-corrected chi connectivity index (χ1v) is 16.3. The van der Waals surface area contributed by atoms with Gasteiger partial charge in [0.2, 0.25) is 5.76 Å². The maximum Gasteiger partial charge on any atom is 0.475 e. The molecule has 0 aromatic heterocycles. The Labute approximate surface area is 277 Å². The van der Waals surface area contributed by atoms with Crippen LogP contribution in [0.1, 0.15) is 33.4 Å². The summed E-state index contributed by atoms with van der Waals surface area (Å²) < 4.78 is 48.9. The topological polar surface area (TPSA) is 157 Å². The number of nitriles is 2. The minimum Gasteiger partial charge on any atom is -0.485 e. The lowest BCUT2D eigenvalue weighted by molar-refractivity contribution is -0.148. The zero-order chi connectivity index (χ0) is 33.8. The Kier molecular flexibility index (Phi) is 11.7. The number of aliphatic hydroxyl groups is 1. The van der Waals surface area contributed by atoms with Gasteiger partial charge in [-0.1, -0.05) is 84.9 Å². The number of rotatable bonds is 16. The Balaban J connectivity index is 1.42. The highest BCUT2D eigenvalue weighted by Gasteiger charge is 2.46. The summed E-state index contributed by atoms with van der Waals surface area (Å²) in [7, 11) is -4.44. The number of carbonyl (C=O) groups is 1. The summed E-state index contributed by atoms with van der Waals surface area (Å²) >= 11 is 0. The van der Waals surface area contributed by atoms with Gasteiger partial charge in [0, 0.05) is 0 Å². The number of phosphoric acid groups is 1. The van der Waals surface area contributed by atoms with Gasteiger partial charge in [0.05, 0.1) is 43.1 Å². The Bertz CT molecular complexity index is 1820. The first kappa shape index (κ1) is 34.1. The van der Waals surface area contributed by atoms with E-state index in [1.165, 1.54) is 0 Å². The smallest absolute Gasteiger partial charge is 0.475 e. The molecule has 4 aromatic carbocycles. The summed E-state index contributed by atoms with van der Waals surface area (Å²) in [6.07, 6.45) is -2.90.